The quantitative estimate of drug-likeness (QED) is 0.748. The third kappa shape index (κ3) is 2.70. The van der Waals surface area contributed by atoms with Crippen molar-refractivity contribution in [1.82, 2.24) is 19.6 Å². The van der Waals surface area contributed by atoms with Crippen LogP contribution in [0.4, 0.5) is 4.79 Å². The van der Waals surface area contributed by atoms with Gasteiger partial charge in [-0.1, -0.05) is 36.4 Å². The van der Waals surface area contributed by atoms with Crippen LogP contribution < -0.4 is 0 Å². The lowest BCUT2D eigenvalue weighted by molar-refractivity contribution is -0.136. The van der Waals surface area contributed by atoms with Crippen molar-refractivity contribution in [2.45, 2.75) is 25.6 Å². The highest BCUT2D eigenvalue weighted by Crippen LogP contribution is 2.33. The van der Waals surface area contributed by atoms with Crippen LogP contribution in [0.5, 0.6) is 0 Å². The fourth-order valence-electron chi connectivity index (χ4n) is 3.85. The first-order valence-electron chi connectivity index (χ1n) is 9.08. The van der Waals surface area contributed by atoms with E-state index in [4.69, 9.17) is 0 Å². The van der Waals surface area contributed by atoms with Crippen LogP contribution in [0.15, 0.2) is 59.9 Å². The van der Waals surface area contributed by atoms with Gasteiger partial charge in [-0.2, -0.15) is 0 Å². The van der Waals surface area contributed by atoms with Gasteiger partial charge >= 0.3 is 6.03 Å². The van der Waals surface area contributed by atoms with Gasteiger partial charge in [0.2, 0.25) is 5.96 Å². The standard InChI is InChI=1S/C20H23N5O2/c1-4-11-23-14(2)13-25-16-17(21-19(23)25)22(3)20(27)24(18(16)26)12-10-15-8-6-5-7-9-15/h4-9,13,16-17H,1,10-12H2,2-3H3. The van der Waals surface area contributed by atoms with Gasteiger partial charge in [-0.25, -0.2) is 9.79 Å². The van der Waals surface area contributed by atoms with Gasteiger partial charge in [-0.15, -0.1) is 6.58 Å². The van der Waals surface area contributed by atoms with Crippen molar-refractivity contribution in [3.63, 3.8) is 0 Å². The van der Waals surface area contributed by atoms with Crippen LogP contribution in [0.2, 0.25) is 0 Å². The summed E-state index contributed by atoms with van der Waals surface area (Å²) in [6, 6.07) is 9.07. The minimum absolute atomic E-state index is 0.192. The topological polar surface area (TPSA) is 59.5 Å². The fraction of sp³-hybridized carbons (Fsp3) is 0.350. The van der Waals surface area contributed by atoms with E-state index in [1.54, 1.807) is 18.0 Å². The number of rotatable bonds is 5. The van der Waals surface area contributed by atoms with E-state index in [9.17, 15) is 9.59 Å². The molecule has 0 bridgehead atoms. The van der Waals surface area contributed by atoms with Crippen LogP contribution in [0.1, 0.15) is 12.5 Å². The molecular formula is C20H23N5O2. The summed E-state index contributed by atoms with van der Waals surface area (Å²) in [6.07, 6.45) is 3.87. The summed E-state index contributed by atoms with van der Waals surface area (Å²) in [5.74, 6) is 0.516. The van der Waals surface area contributed by atoms with Crippen molar-refractivity contribution in [2.24, 2.45) is 4.99 Å². The van der Waals surface area contributed by atoms with Crippen LogP contribution in [0, 0.1) is 0 Å². The van der Waals surface area contributed by atoms with E-state index in [1.807, 2.05) is 53.3 Å². The summed E-state index contributed by atoms with van der Waals surface area (Å²) >= 11 is 0. The summed E-state index contributed by atoms with van der Waals surface area (Å²) < 4.78 is 0. The number of guanidine groups is 1. The van der Waals surface area contributed by atoms with E-state index in [2.05, 4.69) is 11.6 Å². The second-order valence-corrected chi connectivity index (χ2v) is 6.98. The molecule has 0 aromatic heterocycles. The molecule has 3 aliphatic heterocycles. The molecule has 140 valence electrons. The van der Waals surface area contributed by atoms with E-state index >= 15 is 0 Å². The van der Waals surface area contributed by atoms with Crippen molar-refractivity contribution < 1.29 is 9.59 Å². The van der Waals surface area contributed by atoms with E-state index < -0.39 is 12.2 Å². The zero-order valence-corrected chi connectivity index (χ0v) is 15.6. The average Bonchev–Trinajstić information content (AvgIpc) is 3.17. The van der Waals surface area contributed by atoms with E-state index in [1.165, 1.54) is 4.90 Å². The molecule has 0 N–H and O–H groups in total. The molecule has 1 fully saturated rings. The smallest absolute Gasteiger partial charge is 0.311 e. The third-order valence-corrected chi connectivity index (χ3v) is 5.28. The Hall–Kier alpha value is -3.09. The Labute approximate surface area is 158 Å². The molecule has 3 heterocycles. The van der Waals surface area contributed by atoms with Gasteiger partial charge in [-0.3, -0.25) is 9.69 Å². The Bertz CT molecular complexity index is 847. The maximum atomic E-state index is 13.2. The number of allylic oxidation sites excluding steroid dienone is 1. The summed E-state index contributed by atoms with van der Waals surface area (Å²) in [5, 5.41) is 0. The predicted octanol–water partition coefficient (Wildman–Crippen LogP) is 1.85. The highest BCUT2D eigenvalue weighted by Gasteiger charge is 2.53. The van der Waals surface area contributed by atoms with Crippen LogP contribution in [0.25, 0.3) is 0 Å². The van der Waals surface area contributed by atoms with Crippen LogP contribution >= 0.6 is 0 Å². The van der Waals surface area contributed by atoms with Crippen molar-refractivity contribution in [3.05, 3.63) is 60.4 Å². The number of hydrogen-bond donors (Lipinski definition) is 0. The molecule has 27 heavy (non-hydrogen) atoms. The molecule has 1 aromatic rings. The number of likely N-dealkylation sites (N-methyl/N-ethyl adjacent to an activating group) is 1. The Kier molecular flexibility index (Phi) is 4.22. The molecule has 3 aliphatic rings. The Morgan fingerprint density at radius 2 is 1.93 bits per heavy atom. The van der Waals surface area contributed by atoms with Crippen molar-refractivity contribution in [2.75, 3.05) is 20.1 Å². The first-order chi connectivity index (χ1) is 13.0. The molecule has 2 unspecified atom stereocenters. The number of fused-ring (bicyclic) bond motifs is 3. The summed E-state index contributed by atoms with van der Waals surface area (Å²) in [6.45, 7) is 6.74. The molecule has 1 aromatic carbocycles. The van der Waals surface area contributed by atoms with Crippen molar-refractivity contribution >= 4 is 17.9 Å². The number of aliphatic imine (C=N–C) groups is 1. The Morgan fingerprint density at radius 1 is 1.19 bits per heavy atom. The maximum absolute atomic E-state index is 13.2. The van der Waals surface area contributed by atoms with Crippen molar-refractivity contribution in [1.29, 1.82) is 0 Å². The lowest BCUT2D eigenvalue weighted by Gasteiger charge is -2.40. The molecule has 0 saturated carbocycles. The number of carbonyl (C=O) groups is 2. The second kappa shape index (κ2) is 6.57. The van der Waals surface area contributed by atoms with Gasteiger partial charge < -0.3 is 14.7 Å². The van der Waals surface area contributed by atoms with Gasteiger partial charge in [0.05, 0.1) is 0 Å². The minimum atomic E-state index is -0.511. The van der Waals surface area contributed by atoms with Gasteiger partial charge in [0.1, 0.15) is 0 Å². The first-order valence-corrected chi connectivity index (χ1v) is 9.08. The normalized spacial score (nSPS) is 24.1. The number of nitrogens with zero attached hydrogens (tertiary/aromatic N) is 5. The summed E-state index contributed by atoms with van der Waals surface area (Å²) in [4.78, 5) is 37.5. The van der Waals surface area contributed by atoms with E-state index in [0.717, 1.165) is 11.3 Å². The van der Waals surface area contributed by atoms with Gasteiger partial charge in [0.15, 0.2) is 12.2 Å². The average molecular weight is 365 g/mol. The van der Waals surface area contributed by atoms with E-state index in [-0.39, 0.29) is 11.9 Å². The maximum Gasteiger partial charge on any atom is 0.328 e. The highest BCUT2D eigenvalue weighted by molar-refractivity contribution is 6.04. The van der Waals surface area contributed by atoms with Crippen LogP contribution in [-0.4, -0.2) is 69.8 Å². The molecule has 0 spiro atoms. The number of amides is 3. The zero-order chi connectivity index (χ0) is 19.1. The first kappa shape index (κ1) is 17.3. The van der Waals surface area contributed by atoms with Crippen molar-refractivity contribution in [3.8, 4) is 0 Å². The Morgan fingerprint density at radius 3 is 2.63 bits per heavy atom. The number of imide groups is 1. The fourth-order valence-corrected chi connectivity index (χ4v) is 3.85. The Balaban J connectivity index is 1.57. The summed E-state index contributed by atoms with van der Waals surface area (Å²) in [5.41, 5.74) is 2.11. The van der Waals surface area contributed by atoms with E-state index in [0.29, 0.717) is 25.5 Å². The predicted molar refractivity (Wildman–Crippen MR) is 103 cm³/mol. The van der Waals surface area contributed by atoms with Gasteiger partial charge in [-0.05, 0) is 18.9 Å². The molecule has 4 rings (SSSR count). The molecule has 7 heteroatoms. The molecule has 2 atom stereocenters. The number of carbonyl (C=O) groups excluding carboxylic acids is 2. The SMILES string of the molecule is C=CCN1C(C)=CN2C1=NC1C2C(=O)N(CCc2ccccc2)C(=O)N1C. The number of benzene rings is 1. The zero-order valence-electron chi connectivity index (χ0n) is 15.6. The molecule has 0 radical (unpaired) electrons. The van der Waals surface area contributed by atoms with Crippen LogP contribution in [0.3, 0.4) is 0 Å². The van der Waals surface area contributed by atoms with Gasteiger partial charge in [0.25, 0.3) is 5.91 Å². The lowest BCUT2D eigenvalue weighted by atomic mass is 10.1. The third-order valence-electron chi connectivity index (χ3n) is 5.28. The lowest BCUT2D eigenvalue weighted by Crippen LogP contribution is -2.64. The largest absolute Gasteiger partial charge is 0.328 e. The highest BCUT2D eigenvalue weighted by atomic mass is 16.2. The molecule has 1 saturated heterocycles. The minimum Gasteiger partial charge on any atom is -0.311 e. The number of hydrogen-bond acceptors (Lipinski definition) is 5. The molecule has 3 amide bonds. The van der Waals surface area contributed by atoms with Gasteiger partial charge in [0, 0.05) is 32.0 Å². The molecular weight excluding hydrogens is 342 g/mol. The second-order valence-electron chi connectivity index (χ2n) is 6.98. The molecule has 7 nitrogen and oxygen atoms in total. The number of urea groups is 1. The van der Waals surface area contributed by atoms with Crippen LogP contribution in [-0.2, 0) is 11.2 Å². The molecule has 0 aliphatic carbocycles. The summed E-state index contributed by atoms with van der Waals surface area (Å²) in [7, 11) is 1.71. The monoisotopic (exact) mass is 365 g/mol.